The van der Waals surface area contributed by atoms with Crippen LogP contribution in [0.2, 0.25) is 0 Å². The van der Waals surface area contributed by atoms with Gasteiger partial charge in [-0.05, 0) is 19.1 Å². The summed E-state index contributed by atoms with van der Waals surface area (Å²) in [7, 11) is 0. The van der Waals surface area contributed by atoms with Crippen LogP contribution in [0.1, 0.15) is 6.92 Å². The average Bonchev–Trinajstić information content (AvgIpc) is 2.06. The standard InChI is InChI=1S/C9H15N3O/c1-7-2-3-8(4-11-7)12-5-9(6-12)13-10/h2-3,9,11H,4-6,10H2,1H3. The molecular formula is C9H15N3O. The maximum absolute atomic E-state index is 5.07. The third-order valence-electron chi connectivity index (χ3n) is 2.52. The molecule has 0 aliphatic carbocycles. The number of nitrogens with zero attached hydrogens (tertiary/aromatic N) is 1. The van der Waals surface area contributed by atoms with Crippen LogP contribution in [0.25, 0.3) is 0 Å². The van der Waals surface area contributed by atoms with Crippen LogP contribution in [0.3, 0.4) is 0 Å². The smallest absolute Gasteiger partial charge is 0.113 e. The van der Waals surface area contributed by atoms with Crippen molar-refractivity contribution in [3.05, 3.63) is 23.5 Å². The molecule has 1 fully saturated rings. The van der Waals surface area contributed by atoms with Gasteiger partial charge in [0.05, 0.1) is 6.54 Å². The van der Waals surface area contributed by atoms with Crippen LogP contribution in [0, 0.1) is 0 Å². The van der Waals surface area contributed by atoms with Gasteiger partial charge in [0.2, 0.25) is 0 Å². The van der Waals surface area contributed by atoms with E-state index < -0.39 is 0 Å². The average molecular weight is 181 g/mol. The summed E-state index contributed by atoms with van der Waals surface area (Å²) < 4.78 is 0. The molecule has 0 aromatic rings. The molecule has 2 heterocycles. The van der Waals surface area contributed by atoms with Gasteiger partial charge in [0.1, 0.15) is 6.10 Å². The molecular weight excluding hydrogens is 166 g/mol. The van der Waals surface area contributed by atoms with Crippen molar-refractivity contribution in [2.75, 3.05) is 19.6 Å². The second-order valence-electron chi connectivity index (χ2n) is 3.52. The van der Waals surface area contributed by atoms with E-state index in [1.807, 2.05) is 0 Å². The summed E-state index contributed by atoms with van der Waals surface area (Å²) in [5.41, 5.74) is 2.54. The molecule has 0 saturated carbocycles. The van der Waals surface area contributed by atoms with Gasteiger partial charge in [-0.1, -0.05) is 0 Å². The first kappa shape index (κ1) is 8.59. The van der Waals surface area contributed by atoms with Crippen molar-refractivity contribution in [1.29, 1.82) is 0 Å². The Morgan fingerprint density at radius 1 is 1.54 bits per heavy atom. The summed E-state index contributed by atoms with van der Waals surface area (Å²) in [4.78, 5) is 6.99. The van der Waals surface area contributed by atoms with Crippen LogP contribution in [-0.4, -0.2) is 30.6 Å². The van der Waals surface area contributed by atoms with Gasteiger partial charge in [0, 0.05) is 24.5 Å². The minimum absolute atomic E-state index is 0.216. The molecule has 0 bridgehead atoms. The number of rotatable bonds is 2. The summed E-state index contributed by atoms with van der Waals surface area (Å²) >= 11 is 0. The highest BCUT2D eigenvalue weighted by molar-refractivity contribution is 5.23. The lowest BCUT2D eigenvalue weighted by Crippen LogP contribution is -2.53. The van der Waals surface area contributed by atoms with Crippen molar-refractivity contribution in [1.82, 2.24) is 10.2 Å². The van der Waals surface area contributed by atoms with E-state index in [9.17, 15) is 0 Å². The molecule has 1 saturated heterocycles. The highest BCUT2D eigenvalue weighted by Gasteiger charge is 2.28. The van der Waals surface area contributed by atoms with E-state index in [1.54, 1.807) is 0 Å². The summed E-state index contributed by atoms with van der Waals surface area (Å²) in [6, 6.07) is 0. The molecule has 13 heavy (non-hydrogen) atoms. The zero-order valence-electron chi connectivity index (χ0n) is 7.79. The van der Waals surface area contributed by atoms with Crippen LogP contribution in [0.15, 0.2) is 23.5 Å². The third-order valence-corrected chi connectivity index (χ3v) is 2.52. The normalized spacial score (nSPS) is 23.1. The molecule has 2 aliphatic rings. The number of nitrogens with one attached hydrogen (secondary N) is 1. The molecule has 0 radical (unpaired) electrons. The summed E-state index contributed by atoms with van der Waals surface area (Å²) in [5, 5.41) is 3.29. The molecule has 72 valence electrons. The Kier molecular flexibility index (Phi) is 2.24. The second kappa shape index (κ2) is 3.40. The van der Waals surface area contributed by atoms with Crippen molar-refractivity contribution >= 4 is 0 Å². The number of allylic oxidation sites excluding steroid dienone is 3. The van der Waals surface area contributed by atoms with Crippen molar-refractivity contribution in [3.63, 3.8) is 0 Å². The maximum atomic E-state index is 5.07. The lowest BCUT2D eigenvalue weighted by Gasteiger charge is -2.41. The van der Waals surface area contributed by atoms with E-state index in [0.29, 0.717) is 0 Å². The molecule has 0 amide bonds. The van der Waals surface area contributed by atoms with Crippen molar-refractivity contribution < 1.29 is 4.84 Å². The number of hydrogen-bond acceptors (Lipinski definition) is 4. The van der Waals surface area contributed by atoms with E-state index in [0.717, 1.165) is 19.6 Å². The first-order valence-corrected chi connectivity index (χ1v) is 4.51. The molecule has 0 aromatic heterocycles. The molecule has 0 spiro atoms. The van der Waals surface area contributed by atoms with Gasteiger partial charge >= 0.3 is 0 Å². The van der Waals surface area contributed by atoms with Gasteiger partial charge < -0.3 is 10.2 Å². The number of nitrogens with two attached hydrogens (primary N) is 1. The van der Waals surface area contributed by atoms with Crippen molar-refractivity contribution in [3.8, 4) is 0 Å². The van der Waals surface area contributed by atoms with Crippen molar-refractivity contribution in [2.45, 2.75) is 13.0 Å². The fourth-order valence-electron chi connectivity index (χ4n) is 1.54. The summed E-state index contributed by atoms with van der Waals surface area (Å²) in [6.45, 7) is 4.81. The minimum atomic E-state index is 0.216. The maximum Gasteiger partial charge on any atom is 0.113 e. The fourth-order valence-corrected chi connectivity index (χ4v) is 1.54. The van der Waals surface area contributed by atoms with Crippen LogP contribution >= 0.6 is 0 Å². The molecule has 0 unspecified atom stereocenters. The van der Waals surface area contributed by atoms with E-state index in [4.69, 9.17) is 10.7 Å². The van der Waals surface area contributed by atoms with Gasteiger partial charge in [0.25, 0.3) is 0 Å². The molecule has 0 aromatic carbocycles. The van der Waals surface area contributed by atoms with Crippen LogP contribution < -0.4 is 11.2 Å². The van der Waals surface area contributed by atoms with E-state index in [2.05, 4.69) is 29.3 Å². The van der Waals surface area contributed by atoms with E-state index >= 15 is 0 Å². The Morgan fingerprint density at radius 3 is 2.85 bits per heavy atom. The number of hydrogen-bond donors (Lipinski definition) is 2. The quantitative estimate of drug-likeness (QED) is 0.587. The van der Waals surface area contributed by atoms with Crippen molar-refractivity contribution in [2.24, 2.45) is 5.90 Å². The monoisotopic (exact) mass is 181 g/mol. The third kappa shape index (κ3) is 1.68. The molecule has 2 aliphatic heterocycles. The zero-order valence-corrected chi connectivity index (χ0v) is 7.79. The van der Waals surface area contributed by atoms with Gasteiger partial charge in [-0.3, -0.25) is 4.84 Å². The lowest BCUT2D eigenvalue weighted by molar-refractivity contribution is -0.0419. The second-order valence-corrected chi connectivity index (χ2v) is 3.52. The Morgan fingerprint density at radius 2 is 2.31 bits per heavy atom. The molecule has 0 atom stereocenters. The topological polar surface area (TPSA) is 50.5 Å². The van der Waals surface area contributed by atoms with Gasteiger partial charge in [0.15, 0.2) is 0 Å². The Labute approximate surface area is 78.0 Å². The van der Waals surface area contributed by atoms with Crippen LogP contribution in [0.5, 0.6) is 0 Å². The number of dihydropyridines is 1. The van der Waals surface area contributed by atoms with Crippen LogP contribution in [0.4, 0.5) is 0 Å². The largest absolute Gasteiger partial charge is 0.383 e. The highest BCUT2D eigenvalue weighted by Crippen LogP contribution is 2.18. The Hall–Kier alpha value is -1.00. The first-order valence-electron chi connectivity index (χ1n) is 4.51. The SMILES string of the molecule is CC1=CC=C(N2CC(ON)C2)CN1. The predicted molar refractivity (Wildman–Crippen MR) is 50.5 cm³/mol. The highest BCUT2D eigenvalue weighted by atomic mass is 16.6. The summed E-state index contributed by atoms with van der Waals surface area (Å²) in [6.07, 6.45) is 4.46. The minimum Gasteiger partial charge on any atom is -0.383 e. The molecule has 2 rings (SSSR count). The van der Waals surface area contributed by atoms with E-state index in [-0.39, 0.29) is 6.10 Å². The van der Waals surface area contributed by atoms with E-state index in [1.165, 1.54) is 11.4 Å². The Bertz CT molecular complexity index is 254. The molecule has 4 heteroatoms. The predicted octanol–water partition coefficient (Wildman–Crippen LogP) is -0.0482. The van der Waals surface area contributed by atoms with Gasteiger partial charge in [-0.15, -0.1) is 0 Å². The zero-order chi connectivity index (χ0) is 9.26. The summed E-state index contributed by atoms with van der Waals surface area (Å²) in [5.74, 6) is 5.07. The molecule has 3 N–H and O–H groups in total. The number of likely N-dealkylation sites (tertiary alicyclic amines) is 1. The fraction of sp³-hybridized carbons (Fsp3) is 0.556. The molecule has 4 nitrogen and oxygen atoms in total. The lowest BCUT2D eigenvalue weighted by atomic mass is 10.1. The Balaban J connectivity index is 1.90. The van der Waals surface area contributed by atoms with Gasteiger partial charge in [-0.2, -0.15) is 0 Å². The van der Waals surface area contributed by atoms with Gasteiger partial charge in [-0.25, -0.2) is 5.90 Å². The van der Waals surface area contributed by atoms with Crippen LogP contribution in [-0.2, 0) is 4.84 Å². The first-order chi connectivity index (χ1) is 6.29.